The summed E-state index contributed by atoms with van der Waals surface area (Å²) in [7, 11) is 0. The molecule has 3 N–H and O–H groups in total. The van der Waals surface area contributed by atoms with Crippen LogP contribution in [0, 0.1) is 0 Å². The van der Waals surface area contributed by atoms with Gasteiger partial charge in [0.2, 0.25) is 0 Å². The fourth-order valence-electron chi connectivity index (χ4n) is 2.11. The zero-order chi connectivity index (χ0) is 19.9. The number of thiazole rings is 1. The Morgan fingerprint density at radius 1 is 1.32 bits per heavy atom. The third-order valence-electron chi connectivity index (χ3n) is 3.33. The molecule has 2 amide bonds. The van der Waals surface area contributed by atoms with Gasteiger partial charge in [-0.3, -0.25) is 9.59 Å². The van der Waals surface area contributed by atoms with E-state index in [-0.39, 0.29) is 18.3 Å². The fraction of sp³-hybridized carbons (Fsp3) is 0.111. The van der Waals surface area contributed by atoms with Gasteiger partial charge in [0.1, 0.15) is 5.75 Å². The van der Waals surface area contributed by atoms with Crippen molar-refractivity contribution < 1.29 is 14.3 Å². The van der Waals surface area contributed by atoms with Crippen molar-refractivity contribution in [2.45, 2.75) is 4.34 Å². The van der Waals surface area contributed by atoms with Gasteiger partial charge in [-0.05, 0) is 35.9 Å². The number of rotatable bonds is 8. The molecular formula is C18H15ClN4O3S2. The first-order chi connectivity index (χ1) is 13.5. The van der Waals surface area contributed by atoms with Crippen LogP contribution in [0.4, 0.5) is 0 Å². The van der Waals surface area contributed by atoms with Crippen molar-refractivity contribution in [2.24, 2.45) is 10.8 Å². The number of nitrogens with zero attached hydrogens (tertiary/aromatic N) is 2. The third-order valence-corrected chi connectivity index (χ3v) is 5.80. The molecule has 0 spiro atoms. The molecule has 7 nitrogen and oxygen atoms in total. The van der Waals surface area contributed by atoms with E-state index in [9.17, 15) is 9.59 Å². The Labute approximate surface area is 173 Å². The standard InChI is InChI=1S/C18H15ClN4O3S2/c19-12-7-11(5-6-14(12)26-9-16(20)24)8-21-23-17(25)10-27-18-22-13-3-1-2-4-15(13)28-18/h1-8H,9-10H2,(H2,20,24)(H,23,25). The Morgan fingerprint density at radius 2 is 2.14 bits per heavy atom. The predicted octanol–water partition coefficient (Wildman–Crippen LogP) is 3.06. The number of halogens is 1. The second kappa shape index (κ2) is 9.54. The van der Waals surface area contributed by atoms with Crippen LogP contribution in [0.15, 0.2) is 51.9 Å². The van der Waals surface area contributed by atoms with Gasteiger partial charge in [0, 0.05) is 0 Å². The van der Waals surface area contributed by atoms with Crippen LogP contribution in [-0.4, -0.2) is 35.4 Å². The number of nitrogens with two attached hydrogens (primary N) is 1. The van der Waals surface area contributed by atoms with Crippen LogP contribution < -0.4 is 15.9 Å². The van der Waals surface area contributed by atoms with Crippen LogP contribution in [0.2, 0.25) is 5.02 Å². The van der Waals surface area contributed by atoms with Crippen LogP contribution in [0.25, 0.3) is 10.2 Å². The molecule has 0 radical (unpaired) electrons. The Morgan fingerprint density at radius 3 is 2.89 bits per heavy atom. The summed E-state index contributed by atoms with van der Waals surface area (Å²) < 4.78 is 7.08. The van der Waals surface area contributed by atoms with Crippen LogP contribution in [0.1, 0.15) is 5.56 Å². The van der Waals surface area contributed by atoms with Gasteiger partial charge in [-0.25, -0.2) is 10.4 Å². The van der Waals surface area contributed by atoms with Gasteiger partial charge in [0.05, 0.1) is 27.2 Å². The number of fused-ring (bicyclic) bond motifs is 1. The second-order valence-corrected chi connectivity index (χ2v) is 8.13. The smallest absolute Gasteiger partial charge is 0.255 e. The van der Waals surface area contributed by atoms with E-state index in [1.807, 2.05) is 24.3 Å². The fourth-order valence-corrected chi connectivity index (χ4v) is 4.22. The number of para-hydroxylation sites is 1. The summed E-state index contributed by atoms with van der Waals surface area (Å²) >= 11 is 8.98. The molecule has 144 valence electrons. The summed E-state index contributed by atoms with van der Waals surface area (Å²) in [6.07, 6.45) is 1.46. The summed E-state index contributed by atoms with van der Waals surface area (Å²) in [4.78, 5) is 27.1. The zero-order valence-electron chi connectivity index (χ0n) is 14.4. The van der Waals surface area contributed by atoms with Crippen molar-refractivity contribution in [2.75, 3.05) is 12.4 Å². The minimum Gasteiger partial charge on any atom is -0.482 e. The second-order valence-electron chi connectivity index (χ2n) is 5.47. The van der Waals surface area contributed by atoms with E-state index in [1.165, 1.54) is 18.0 Å². The van der Waals surface area contributed by atoms with E-state index < -0.39 is 5.91 Å². The maximum atomic E-state index is 11.9. The highest BCUT2D eigenvalue weighted by molar-refractivity contribution is 8.01. The van der Waals surface area contributed by atoms with Crippen molar-refractivity contribution in [1.82, 2.24) is 10.4 Å². The normalized spacial score (nSPS) is 11.0. The van der Waals surface area contributed by atoms with Gasteiger partial charge in [-0.15, -0.1) is 11.3 Å². The molecule has 1 aromatic heterocycles. The first-order valence-electron chi connectivity index (χ1n) is 8.02. The molecule has 0 fully saturated rings. The first-order valence-corrected chi connectivity index (χ1v) is 10.2. The Bertz CT molecular complexity index is 1010. The minimum absolute atomic E-state index is 0.206. The molecule has 1 heterocycles. The van der Waals surface area contributed by atoms with Gasteiger partial charge in [0.25, 0.3) is 11.8 Å². The van der Waals surface area contributed by atoms with Crippen molar-refractivity contribution in [3.63, 3.8) is 0 Å². The molecule has 0 saturated carbocycles. The van der Waals surface area contributed by atoms with Crippen LogP contribution in [0.3, 0.4) is 0 Å². The lowest BCUT2D eigenvalue weighted by molar-refractivity contribution is -0.120. The lowest BCUT2D eigenvalue weighted by Gasteiger charge is -2.06. The molecule has 0 bridgehead atoms. The molecule has 0 aliphatic heterocycles. The summed E-state index contributed by atoms with van der Waals surface area (Å²) in [5, 5.41) is 4.22. The van der Waals surface area contributed by atoms with Crippen molar-refractivity contribution in [3.05, 3.63) is 53.1 Å². The Hall–Kier alpha value is -2.62. The minimum atomic E-state index is -0.590. The van der Waals surface area contributed by atoms with Gasteiger partial charge >= 0.3 is 0 Å². The largest absolute Gasteiger partial charge is 0.482 e. The summed E-state index contributed by atoms with van der Waals surface area (Å²) in [6, 6.07) is 12.7. The summed E-state index contributed by atoms with van der Waals surface area (Å²) in [5.41, 5.74) is 9.07. The number of hydrazone groups is 1. The highest BCUT2D eigenvalue weighted by atomic mass is 35.5. The van der Waals surface area contributed by atoms with Gasteiger partial charge in [-0.2, -0.15) is 5.10 Å². The molecule has 3 aromatic rings. The molecule has 2 aromatic carbocycles. The number of carbonyl (C=O) groups excluding carboxylic acids is 2. The highest BCUT2D eigenvalue weighted by Crippen LogP contribution is 2.29. The van der Waals surface area contributed by atoms with E-state index in [2.05, 4.69) is 15.5 Å². The molecule has 0 saturated heterocycles. The number of aromatic nitrogens is 1. The molecule has 0 unspecified atom stereocenters. The quantitative estimate of drug-likeness (QED) is 0.322. The van der Waals surface area contributed by atoms with Crippen molar-refractivity contribution in [3.8, 4) is 5.75 Å². The number of primary amides is 1. The number of thioether (sulfide) groups is 1. The number of nitrogens with one attached hydrogen (secondary N) is 1. The van der Waals surface area contributed by atoms with Crippen LogP contribution in [-0.2, 0) is 9.59 Å². The van der Waals surface area contributed by atoms with Crippen molar-refractivity contribution in [1.29, 1.82) is 0 Å². The average molecular weight is 435 g/mol. The monoisotopic (exact) mass is 434 g/mol. The number of hydrogen-bond donors (Lipinski definition) is 2. The summed E-state index contributed by atoms with van der Waals surface area (Å²) in [6.45, 7) is -0.254. The first kappa shape index (κ1) is 20.1. The molecule has 0 aliphatic rings. The number of ether oxygens (including phenoxy) is 1. The maximum absolute atomic E-state index is 11.9. The van der Waals surface area contributed by atoms with E-state index in [0.717, 1.165) is 14.6 Å². The Balaban J connectivity index is 1.49. The summed E-state index contributed by atoms with van der Waals surface area (Å²) in [5.74, 6) is -0.285. The lowest BCUT2D eigenvalue weighted by atomic mass is 10.2. The highest BCUT2D eigenvalue weighted by Gasteiger charge is 2.07. The van der Waals surface area contributed by atoms with Crippen LogP contribution in [0.5, 0.6) is 5.75 Å². The average Bonchev–Trinajstić information content (AvgIpc) is 3.08. The molecule has 0 atom stereocenters. The zero-order valence-corrected chi connectivity index (χ0v) is 16.8. The number of hydrogen-bond acceptors (Lipinski definition) is 7. The van der Waals surface area contributed by atoms with Gasteiger partial charge in [0.15, 0.2) is 10.9 Å². The third kappa shape index (κ3) is 5.69. The van der Waals surface area contributed by atoms with Gasteiger partial charge in [-0.1, -0.05) is 35.5 Å². The van der Waals surface area contributed by atoms with E-state index >= 15 is 0 Å². The maximum Gasteiger partial charge on any atom is 0.255 e. The lowest BCUT2D eigenvalue weighted by Crippen LogP contribution is -2.20. The van der Waals surface area contributed by atoms with Gasteiger partial charge < -0.3 is 10.5 Å². The molecule has 28 heavy (non-hydrogen) atoms. The van der Waals surface area contributed by atoms with Crippen molar-refractivity contribution >= 4 is 62.9 Å². The molecule has 0 aliphatic carbocycles. The van der Waals surface area contributed by atoms with E-state index in [1.54, 1.807) is 29.5 Å². The Kier molecular flexibility index (Phi) is 6.85. The molecular weight excluding hydrogens is 420 g/mol. The topological polar surface area (TPSA) is 107 Å². The SMILES string of the molecule is NC(=O)COc1ccc(C=NNC(=O)CSc2nc3ccccc3s2)cc1Cl. The molecule has 3 rings (SSSR count). The molecule has 10 heteroatoms. The van der Waals surface area contributed by atoms with E-state index in [4.69, 9.17) is 22.1 Å². The number of benzene rings is 2. The number of amides is 2. The van der Waals surface area contributed by atoms with E-state index in [0.29, 0.717) is 16.3 Å². The predicted molar refractivity (Wildman–Crippen MR) is 112 cm³/mol. The number of carbonyl (C=O) groups is 2. The van der Waals surface area contributed by atoms with Crippen LogP contribution >= 0.6 is 34.7 Å².